The smallest absolute Gasteiger partial charge is 0.341 e. The number of rotatable bonds is 6. The number of hydrogen-bond acceptors (Lipinski definition) is 6. The van der Waals surface area contributed by atoms with Crippen LogP contribution in [-0.4, -0.2) is 36.5 Å². The second kappa shape index (κ2) is 8.33. The van der Waals surface area contributed by atoms with Gasteiger partial charge in [0.25, 0.3) is 0 Å². The molecule has 7 heteroatoms. The molecule has 1 amide bonds. The van der Waals surface area contributed by atoms with Crippen LogP contribution in [0, 0.1) is 13.8 Å². The van der Waals surface area contributed by atoms with Crippen LogP contribution in [0.25, 0.3) is 0 Å². The maximum Gasteiger partial charge on any atom is 0.341 e. The Kier molecular flexibility index (Phi) is 6.11. The Morgan fingerprint density at radius 2 is 2.19 bits per heavy atom. The van der Waals surface area contributed by atoms with Gasteiger partial charge in [0.1, 0.15) is 5.00 Å². The Hall–Kier alpha value is -1.70. The number of nitrogens with one attached hydrogen (secondary N) is 1. The Morgan fingerprint density at radius 1 is 1.38 bits per heavy atom. The van der Waals surface area contributed by atoms with Gasteiger partial charge in [0, 0.05) is 15.8 Å². The lowest BCUT2D eigenvalue weighted by atomic mass is 10.1. The van der Waals surface area contributed by atoms with E-state index in [2.05, 4.69) is 27.7 Å². The molecule has 2 aromatic heterocycles. The lowest BCUT2D eigenvalue weighted by molar-refractivity contribution is -0.117. The highest BCUT2D eigenvalue weighted by Gasteiger charge is 2.29. The first kappa shape index (κ1) is 19.1. The van der Waals surface area contributed by atoms with Crippen molar-refractivity contribution < 1.29 is 14.3 Å². The van der Waals surface area contributed by atoms with E-state index < -0.39 is 0 Å². The summed E-state index contributed by atoms with van der Waals surface area (Å²) in [7, 11) is 0. The van der Waals surface area contributed by atoms with E-state index in [1.807, 2.05) is 13.8 Å². The molecule has 140 valence electrons. The molecule has 0 unspecified atom stereocenters. The van der Waals surface area contributed by atoms with E-state index in [1.54, 1.807) is 18.3 Å². The van der Waals surface area contributed by atoms with Gasteiger partial charge in [-0.2, -0.15) is 0 Å². The van der Waals surface area contributed by atoms with Gasteiger partial charge in [0.2, 0.25) is 5.91 Å². The topological polar surface area (TPSA) is 58.6 Å². The number of carbonyl (C=O) groups excluding carboxylic acids is 2. The minimum absolute atomic E-state index is 0.0831. The first-order chi connectivity index (χ1) is 12.5. The number of esters is 1. The molecule has 3 heterocycles. The van der Waals surface area contributed by atoms with E-state index in [0.717, 1.165) is 29.8 Å². The average Bonchev–Trinajstić information content (AvgIpc) is 3.30. The fourth-order valence-corrected chi connectivity index (χ4v) is 5.29. The summed E-state index contributed by atoms with van der Waals surface area (Å²) in [5, 5.41) is 5.62. The maximum atomic E-state index is 12.6. The SMILES string of the molecule is CCOC(=O)c1c(NC(=O)CN2CCC[C@H]2c2cccs2)sc(C)c1C. The summed E-state index contributed by atoms with van der Waals surface area (Å²) < 4.78 is 5.15. The van der Waals surface area contributed by atoms with Crippen LogP contribution in [0.2, 0.25) is 0 Å². The minimum Gasteiger partial charge on any atom is -0.462 e. The van der Waals surface area contributed by atoms with E-state index in [4.69, 9.17) is 4.74 Å². The van der Waals surface area contributed by atoms with Gasteiger partial charge in [0.05, 0.1) is 18.7 Å². The van der Waals surface area contributed by atoms with E-state index in [9.17, 15) is 9.59 Å². The second-order valence-electron chi connectivity index (χ2n) is 6.40. The summed E-state index contributed by atoms with van der Waals surface area (Å²) in [5.41, 5.74) is 1.36. The van der Waals surface area contributed by atoms with Crippen LogP contribution < -0.4 is 5.32 Å². The van der Waals surface area contributed by atoms with Gasteiger partial charge in [-0.3, -0.25) is 9.69 Å². The summed E-state index contributed by atoms with van der Waals surface area (Å²) in [5.74, 6) is -0.456. The van der Waals surface area contributed by atoms with Crippen LogP contribution in [-0.2, 0) is 9.53 Å². The normalized spacial score (nSPS) is 17.4. The third-order valence-electron chi connectivity index (χ3n) is 4.70. The van der Waals surface area contributed by atoms with Gasteiger partial charge in [-0.05, 0) is 57.2 Å². The van der Waals surface area contributed by atoms with Gasteiger partial charge >= 0.3 is 5.97 Å². The van der Waals surface area contributed by atoms with Gasteiger partial charge < -0.3 is 10.1 Å². The molecule has 2 aromatic rings. The number of ether oxygens (including phenoxy) is 1. The highest BCUT2D eigenvalue weighted by atomic mass is 32.1. The molecule has 1 saturated heterocycles. The third-order valence-corrected chi connectivity index (χ3v) is 6.80. The number of aryl methyl sites for hydroxylation is 1. The Morgan fingerprint density at radius 3 is 2.88 bits per heavy atom. The molecule has 0 spiro atoms. The molecular formula is C19H24N2O3S2. The molecule has 0 radical (unpaired) electrons. The third kappa shape index (κ3) is 4.00. The summed E-state index contributed by atoms with van der Waals surface area (Å²) in [6.07, 6.45) is 2.18. The molecular weight excluding hydrogens is 368 g/mol. The lowest BCUT2D eigenvalue weighted by Crippen LogP contribution is -2.32. The molecule has 1 N–H and O–H groups in total. The van der Waals surface area contributed by atoms with E-state index >= 15 is 0 Å². The van der Waals surface area contributed by atoms with Crippen molar-refractivity contribution in [3.05, 3.63) is 38.4 Å². The monoisotopic (exact) mass is 392 g/mol. The standard InChI is InChI=1S/C19H24N2O3S2/c1-4-24-19(23)17-12(2)13(3)26-18(17)20-16(22)11-21-9-5-7-14(21)15-8-6-10-25-15/h6,8,10,14H,4-5,7,9,11H2,1-3H3,(H,20,22)/t14-/m0/s1. The van der Waals surface area contributed by atoms with E-state index in [-0.39, 0.29) is 11.9 Å². The van der Waals surface area contributed by atoms with Gasteiger partial charge in [0.15, 0.2) is 0 Å². The summed E-state index contributed by atoms with van der Waals surface area (Å²) in [4.78, 5) is 29.4. The molecule has 1 aliphatic heterocycles. The molecule has 3 rings (SSSR count). The highest BCUT2D eigenvalue weighted by Crippen LogP contribution is 2.35. The molecule has 1 atom stereocenters. The molecule has 5 nitrogen and oxygen atoms in total. The first-order valence-electron chi connectivity index (χ1n) is 8.85. The summed E-state index contributed by atoms with van der Waals surface area (Å²) in [6.45, 7) is 7.19. The molecule has 1 aliphatic rings. The Balaban J connectivity index is 1.70. The number of likely N-dealkylation sites (tertiary alicyclic amines) is 1. The zero-order chi connectivity index (χ0) is 18.7. The van der Waals surface area contributed by atoms with Crippen LogP contribution in [0.1, 0.15) is 51.5 Å². The fraction of sp³-hybridized carbons (Fsp3) is 0.474. The van der Waals surface area contributed by atoms with E-state index in [1.165, 1.54) is 16.2 Å². The van der Waals surface area contributed by atoms with Crippen LogP contribution in [0.5, 0.6) is 0 Å². The summed E-state index contributed by atoms with van der Waals surface area (Å²) in [6, 6.07) is 4.51. The molecule has 1 fully saturated rings. The quantitative estimate of drug-likeness (QED) is 0.741. The number of nitrogens with zero attached hydrogens (tertiary/aromatic N) is 1. The van der Waals surface area contributed by atoms with E-state index in [0.29, 0.717) is 29.8 Å². The van der Waals surface area contributed by atoms with Crippen LogP contribution >= 0.6 is 22.7 Å². The van der Waals surface area contributed by atoms with Crippen molar-refractivity contribution in [3.63, 3.8) is 0 Å². The number of hydrogen-bond donors (Lipinski definition) is 1. The van der Waals surface area contributed by atoms with Crippen molar-refractivity contribution in [2.75, 3.05) is 25.0 Å². The summed E-state index contributed by atoms with van der Waals surface area (Å²) >= 11 is 3.17. The maximum absolute atomic E-state index is 12.6. The van der Waals surface area contributed by atoms with Gasteiger partial charge in [-0.25, -0.2) is 4.79 Å². The first-order valence-corrected chi connectivity index (χ1v) is 10.5. The second-order valence-corrected chi connectivity index (χ2v) is 8.60. The molecule has 0 saturated carbocycles. The number of carbonyl (C=O) groups is 2. The largest absolute Gasteiger partial charge is 0.462 e. The molecule has 0 aliphatic carbocycles. The highest BCUT2D eigenvalue weighted by molar-refractivity contribution is 7.16. The average molecular weight is 393 g/mol. The zero-order valence-corrected chi connectivity index (χ0v) is 17.0. The van der Waals surface area contributed by atoms with Crippen molar-refractivity contribution >= 4 is 39.6 Å². The number of amides is 1. The van der Waals surface area contributed by atoms with Crippen molar-refractivity contribution in [1.29, 1.82) is 0 Å². The zero-order valence-electron chi connectivity index (χ0n) is 15.3. The van der Waals surface area contributed by atoms with Crippen molar-refractivity contribution in [2.45, 2.75) is 39.7 Å². The predicted molar refractivity (Wildman–Crippen MR) is 106 cm³/mol. The number of thiophene rings is 2. The van der Waals surface area contributed by atoms with Crippen LogP contribution in [0.3, 0.4) is 0 Å². The van der Waals surface area contributed by atoms with Crippen LogP contribution in [0.4, 0.5) is 5.00 Å². The minimum atomic E-state index is -0.373. The van der Waals surface area contributed by atoms with Crippen LogP contribution in [0.15, 0.2) is 17.5 Å². The Labute approximate surface area is 162 Å². The molecule has 0 bridgehead atoms. The molecule has 26 heavy (non-hydrogen) atoms. The fourth-order valence-electron chi connectivity index (χ4n) is 3.33. The lowest BCUT2D eigenvalue weighted by Gasteiger charge is -2.22. The predicted octanol–water partition coefficient (Wildman–Crippen LogP) is 4.38. The Bertz CT molecular complexity index is 783. The number of anilines is 1. The van der Waals surface area contributed by atoms with Crippen molar-refractivity contribution in [1.82, 2.24) is 4.90 Å². The van der Waals surface area contributed by atoms with Gasteiger partial charge in [-0.1, -0.05) is 6.07 Å². The van der Waals surface area contributed by atoms with Crippen molar-refractivity contribution in [3.8, 4) is 0 Å². The van der Waals surface area contributed by atoms with Crippen molar-refractivity contribution in [2.24, 2.45) is 0 Å². The van der Waals surface area contributed by atoms with Gasteiger partial charge in [-0.15, -0.1) is 22.7 Å². The molecule has 0 aromatic carbocycles.